The SMILES string of the molecule is COC(=O)[C@H](c1ccccc1)[N+]1=Cc2ccsc2CC1. The largest absolute Gasteiger partial charge is 0.464 e. The Morgan fingerprint density at radius 1 is 1.30 bits per heavy atom. The van der Waals surface area contributed by atoms with Gasteiger partial charge in [-0.2, -0.15) is 0 Å². The summed E-state index contributed by atoms with van der Waals surface area (Å²) >= 11 is 1.77. The number of hydrogen-bond acceptors (Lipinski definition) is 3. The third kappa shape index (κ3) is 2.39. The fraction of sp³-hybridized carbons (Fsp3) is 0.250. The van der Waals surface area contributed by atoms with Crippen LogP contribution in [0.2, 0.25) is 0 Å². The molecule has 2 aromatic rings. The highest BCUT2D eigenvalue weighted by molar-refractivity contribution is 7.10. The molecule has 1 aromatic heterocycles. The first-order chi connectivity index (χ1) is 9.79. The molecule has 1 atom stereocenters. The van der Waals surface area contributed by atoms with Crippen LogP contribution in [0.1, 0.15) is 22.0 Å². The first-order valence-corrected chi connectivity index (χ1v) is 7.47. The molecule has 0 spiro atoms. The van der Waals surface area contributed by atoms with Gasteiger partial charge in [-0.25, -0.2) is 9.37 Å². The van der Waals surface area contributed by atoms with E-state index < -0.39 is 0 Å². The average Bonchev–Trinajstić information content (AvgIpc) is 2.96. The molecule has 0 bridgehead atoms. The van der Waals surface area contributed by atoms with E-state index in [2.05, 4.69) is 22.2 Å². The van der Waals surface area contributed by atoms with Crippen LogP contribution in [0.15, 0.2) is 41.8 Å². The number of ether oxygens (including phenoxy) is 1. The van der Waals surface area contributed by atoms with E-state index in [1.807, 2.05) is 30.3 Å². The number of esters is 1. The molecular weight excluding hydrogens is 270 g/mol. The van der Waals surface area contributed by atoms with Gasteiger partial charge in [-0.15, -0.1) is 11.3 Å². The monoisotopic (exact) mass is 286 g/mol. The van der Waals surface area contributed by atoms with Gasteiger partial charge in [0.2, 0.25) is 0 Å². The second kappa shape index (κ2) is 5.59. The molecule has 4 heteroatoms. The van der Waals surface area contributed by atoms with E-state index in [1.165, 1.54) is 17.6 Å². The Labute approximate surface area is 122 Å². The predicted octanol–water partition coefficient (Wildman–Crippen LogP) is 2.65. The van der Waals surface area contributed by atoms with Crippen LogP contribution in [0, 0.1) is 0 Å². The van der Waals surface area contributed by atoms with Gasteiger partial charge in [-0.3, -0.25) is 0 Å². The summed E-state index contributed by atoms with van der Waals surface area (Å²) < 4.78 is 7.07. The molecule has 1 aliphatic rings. The number of methoxy groups -OCH3 is 1. The van der Waals surface area contributed by atoms with Crippen LogP contribution < -0.4 is 0 Å². The molecule has 1 aromatic carbocycles. The number of rotatable bonds is 3. The van der Waals surface area contributed by atoms with Gasteiger partial charge < -0.3 is 4.74 Å². The molecule has 1 aliphatic heterocycles. The van der Waals surface area contributed by atoms with Gasteiger partial charge in [0, 0.05) is 16.9 Å². The summed E-state index contributed by atoms with van der Waals surface area (Å²) in [6.45, 7) is 0.835. The summed E-state index contributed by atoms with van der Waals surface area (Å²) in [7, 11) is 1.44. The fourth-order valence-corrected chi connectivity index (χ4v) is 3.40. The van der Waals surface area contributed by atoms with Crippen molar-refractivity contribution >= 4 is 23.5 Å². The van der Waals surface area contributed by atoms with Gasteiger partial charge in [0.15, 0.2) is 6.21 Å². The molecule has 0 unspecified atom stereocenters. The van der Waals surface area contributed by atoms with Crippen LogP contribution >= 0.6 is 11.3 Å². The van der Waals surface area contributed by atoms with Crippen molar-refractivity contribution in [3.8, 4) is 0 Å². The van der Waals surface area contributed by atoms with Crippen molar-refractivity contribution in [3.05, 3.63) is 57.8 Å². The Bertz CT molecular complexity index is 646. The number of benzene rings is 1. The van der Waals surface area contributed by atoms with Crippen LogP contribution in [-0.2, 0) is 16.0 Å². The molecule has 0 N–H and O–H groups in total. The smallest absolute Gasteiger partial charge is 0.380 e. The highest BCUT2D eigenvalue weighted by atomic mass is 32.1. The summed E-state index contributed by atoms with van der Waals surface area (Å²) in [6, 6.07) is 11.5. The maximum atomic E-state index is 12.2. The van der Waals surface area contributed by atoms with Crippen LogP contribution in [0.4, 0.5) is 0 Å². The van der Waals surface area contributed by atoms with Crippen molar-refractivity contribution in [2.75, 3.05) is 13.7 Å². The third-order valence-electron chi connectivity index (χ3n) is 3.55. The van der Waals surface area contributed by atoms with Gasteiger partial charge >= 0.3 is 5.97 Å². The first kappa shape index (κ1) is 13.1. The van der Waals surface area contributed by atoms with Crippen molar-refractivity contribution < 1.29 is 14.1 Å². The van der Waals surface area contributed by atoms with Gasteiger partial charge in [0.1, 0.15) is 6.54 Å². The number of hydrogen-bond donors (Lipinski definition) is 0. The van der Waals surface area contributed by atoms with Crippen LogP contribution in [0.5, 0.6) is 0 Å². The second-order valence-electron chi connectivity index (χ2n) is 4.75. The Balaban J connectivity index is 2.01. The third-order valence-corrected chi connectivity index (χ3v) is 4.55. The summed E-state index contributed by atoms with van der Waals surface area (Å²) in [5, 5.41) is 2.10. The Hall–Kier alpha value is -1.94. The van der Waals surface area contributed by atoms with E-state index >= 15 is 0 Å². The minimum atomic E-state index is -0.366. The lowest BCUT2D eigenvalue weighted by Gasteiger charge is -2.17. The van der Waals surface area contributed by atoms with Crippen molar-refractivity contribution in [2.24, 2.45) is 0 Å². The zero-order valence-corrected chi connectivity index (χ0v) is 12.1. The van der Waals surface area contributed by atoms with E-state index in [1.54, 1.807) is 11.3 Å². The minimum absolute atomic E-state index is 0.217. The van der Waals surface area contributed by atoms with Crippen molar-refractivity contribution in [2.45, 2.75) is 12.5 Å². The van der Waals surface area contributed by atoms with Crippen molar-refractivity contribution in [3.63, 3.8) is 0 Å². The van der Waals surface area contributed by atoms with E-state index in [0.29, 0.717) is 0 Å². The molecule has 2 heterocycles. The Morgan fingerprint density at radius 3 is 2.85 bits per heavy atom. The summed E-state index contributed by atoms with van der Waals surface area (Å²) in [5.74, 6) is -0.217. The lowest BCUT2D eigenvalue weighted by Crippen LogP contribution is -2.32. The predicted molar refractivity (Wildman–Crippen MR) is 79.5 cm³/mol. The summed E-state index contributed by atoms with van der Waals surface area (Å²) in [5.41, 5.74) is 2.18. The van der Waals surface area contributed by atoms with Crippen LogP contribution in [0.25, 0.3) is 0 Å². The van der Waals surface area contributed by atoms with Gasteiger partial charge in [-0.05, 0) is 11.4 Å². The molecule has 0 saturated heterocycles. The topological polar surface area (TPSA) is 29.3 Å². The zero-order valence-electron chi connectivity index (χ0n) is 11.3. The average molecular weight is 286 g/mol. The molecule has 3 nitrogen and oxygen atoms in total. The second-order valence-corrected chi connectivity index (χ2v) is 5.75. The quantitative estimate of drug-likeness (QED) is 0.641. The Morgan fingerprint density at radius 2 is 2.10 bits per heavy atom. The van der Waals surface area contributed by atoms with Gasteiger partial charge in [0.25, 0.3) is 6.04 Å². The van der Waals surface area contributed by atoms with E-state index in [9.17, 15) is 4.79 Å². The molecular formula is C16H16NO2S+. The Kier molecular flexibility index (Phi) is 3.65. The van der Waals surface area contributed by atoms with Crippen molar-refractivity contribution in [1.29, 1.82) is 0 Å². The van der Waals surface area contributed by atoms with Gasteiger partial charge in [-0.1, -0.05) is 30.3 Å². The van der Waals surface area contributed by atoms with E-state index in [4.69, 9.17) is 4.74 Å². The fourth-order valence-electron chi connectivity index (χ4n) is 2.56. The van der Waals surface area contributed by atoms with E-state index in [0.717, 1.165) is 18.5 Å². The number of carbonyl (C=O) groups excluding carboxylic acids is 1. The zero-order chi connectivity index (χ0) is 13.9. The number of fused-ring (bicyclic) bond motifs is 1. The maximum absolute atomic E-state index is 12.2. The molecule has 0 aliphatic carbocycles. The summed E-state index contributed by atoms with van der Waals surface area (Å²) in [6.07, 6.45) is 3.05. The van der Waals surface area contributed by atoms with Gasteiger partial charge in [0.05, 0.1) is 12.7 Å². The van der Waals surface area contributed by atoms with E-state index in [-0.39, 0.29) is 12.0 Å². The minimum Gasteiger partial charge on any atom is -0.464 e. The number of nitrogens with zero attached hydrogens (tertiary/aromatic N) is 1. The maximum Gasteiger partial charge on any atom is 0.380 e. The lowest BCUT2D eigenvalue weighted by atomic mass is 10.0. The normalized spacial score (nSPS) is 15.2. The molecule has 0 saturated carbocycles. The molecule has 102 valence electrons. The van der Waals surface area contributed by atoms with Crippen LogP contribution in [-0.4, -0.2) is 30.4 Å². The number of carbonyl (C=O) groups is 1. The number of thiophene rings is 1. The molecule has 20 heavy (non-hydrogen) atoms. The highest BCUT2D eigenvalue weighted by Crippen LogP contribution is 2.24. The molecule has 0 amide bonds. The lowest BCUT2D eigenvalue weighted by molar-refractivity contribution is -0.557. The summed E-state index contributed by atoms with van der Waals surface area (Å²) in [4.78, 5) is 13.6. The molecule has 3 rings (SSSR count). The first-order valence-electron chi connectivity index (χ1n) is 6.59. The van der Waals surface area contributed by atoms with Crippen molar-refractivity contribution in [1.82, 2.24) is 0 Å². The molecule has 0 radical (unpaired) electrons. The standard InChI is InChI=1S/C16H16NO2S/c1-19-16(18)15(12-5-3-2-4-6-12)17-9-7-14-13(11-17)8-10-20-14/h2-6,8,10-11,15H,7,9H2,1H3/q+1/t15-/m0/s1. The highest BCUT2D eigenvalue weighted by Gasteiger charge is 2.34. The molecule has 0 fully saturated rings. The van der Waals surface area contributed by atoms with Crippen LogP contribution in [0.3, 0.4) is 0 Å².